The molecule has 0 aliphatic rings. The molecule has 110 valence electrons. The highest BCUT2D eigenvalue weighted by atomic mass is 35.5. The van der Waals surface area contributed by atoms with Crippen LogP contribution in [0.4, 0.5) is 5.69 Å². The van der Waals surface area contributed by atoms with Gasteiger partial charge in [-0.2, -0.15) is 0 Å². The van der Waals surface area contributed by atoms with Crippen LogP contribution >= 0.6 is 11.6 Å². The van der Waals surface area contributed by atoms with E-state index in [0.29, 0.717) is 22.2 Å². The summed E-state index contributed by atoms with van der Waals surface area (Å²) in [5.74, 6) is 0.998. The van der Waals surface area contributed by atoms with Crippen LogP contribution in [-0.2, 0) is 4.79 Å². The normalized spacial score (nSPS) is 11.6. The molecule has 0 aliphatic carbocycles. The molecule has 0 saturated carbocycles. The molecule has 4 nitrogen and oxygen atoms in total. The molecule has 0 radical (unpaired) electrons. The zero-order chi connectivity index (χ0) is 15.2. The summed E-state index contributed by atoms with van der Waals surface area (Å²) in [6.45, 7) is 1.68. The van der Waals surface area contributed by atoms with Gasteiger partial charge in [0.2, 0.25) is 0 Å². The third-order valence-corrected chi connectivity index (χ3v) is 3.05. The molecule has 1 N–H and O–H groups in total. The van der Waals surface area contributed by atoms with E-state index in [1.54, 1.807) is 56.5 Å². The molecular formula is C16H16ClNO3. The zero-order valence-electron chi connectivity index (χ0n) is 11.8. The fourth-order valence-corrected chi connectivity index (χ4v) is 1.93. The van der Waals surface area contributed by atoms with Crippen LogP contribution < -0.4 is 14.8 Å². The second kappa shape index (κ2) is 6.99. The number of halogens is 1. The molecule has 2 rings (SSSR count). The molecule has 0 heterocycles. The van der Waals surface area contributed by atoms with Crippen molar-refractivity contribution in [2.45, 2.75) is 13.0 Å². The molecule has 0 spiro atoms. The van der Waals surface area contributed by atoms with Crippen LogP contribution in [-0.4, -0.2) is 19.1 Å². The smallest absolute Gasteiger partial charge is 0.265 e. The second-order valence-electron chi connectivity index (χ2n) is 4.44. The minimum Gasteiger partial charge on any atom is -0.497 e. The van der Waals surface area contributed by atoms with Gasteiger partial charge in [0.1, 0.15) is 11.5 Å². The maximum Gasteiger partial charge on any atom is 0.265 e. The summed E-state index contributed by atoms with van der Waals surface area (Å²) in [7, 11) is 1.58. The second-order valence-corrected chi connectivity index (χ2v) is 4.88. The van der Waals surface area contributed by atoms with Gasteiger partial charge in [0, 0.05) is 16.8 Å². The van der Waals surface area contributed by atoms with E-state index in [-0.39, 0.29) is 5.91 Å². The van der Waals surface area contributed by atoms with Crippen molar-refractivity contribution < 1.29 is 14.3 Å². The highest BCUT2D eigenvalue weighted by Gasteiger charge is 2.15. The number of carbonyl (C=O) groups is 1. The summed E-state index contributed by atoms with van der Waals surface area (Å²) in [4.78, 5) is 12.1. The van der Waals surface area contributed by atoms with Crippen molar-refractivity contribution in [3.8, 4) is 11.5 Å². The van der Waals surface area contributed by atoms with Crippen LogP contribution in [0.5, 0.6) is 11.5 Å². The lowest BCUT2D eigenvalue weighted by Crippen LogP contribution is -2.30. The summed E-state index contributed by atoms with van der Waals surface area (Å²) >= 11 is 5.87. The van der Waals surface area contributed by atoms with Crippen molar-refractivity contribution >= 4 is 23.2 Å². The third-order valence-electron chi connectivity index (χ3n) is 2.82. The van der Waals surface area contributed by atoms with Crippen LogP contribution in [0, 0.1) is 0 Å². The first kappa shape index (κ1) is 15.2. The van der Waals surface area contributed by atoms with E-state index < -0.39 is 6.10 Å². The largest absolute Gasteiger partial charge is 0.497 e. The van der Waals surface area contributed by atoms with Gasteiger partial charge >= 0.3 is 0 Å². The van der Waals surface area contributed by atoms with Crippen molar-refractivity contribution in [1.82, 2.24) is 0 Å². The summed E-state index contributed by atoms with van der Waals surface area (Å²) in [6.07, 6.45) is -0.643. The summed E-state index contributed by atoms with van der Waals surface area (Å²) in [5, 5.41) is 3.32. The van der Waals surface area contributed by atoms with Crippen LogP contribution in [0.25, 0.3) is 0 Å². The van der Waals surface area contributed by atoms with Gasteiger partial charge in [-0.3, -0.25) is 4.79 Å². The Kier molecular flexibility index (Phi) is 5.06. The lowest BCUT2D eigenvalue weighted by atomic mass is 10.3. The number of benzene rings is 2. The van der Waals surface area contributed by atoms with E-state index in [4.69, 9.17) is 21.1 Å². The Bertz CT molecular complexity index is 630. The van der Waals surface area contributed by atoms with E-state index in [9.17, 15) is 4.79 Å². The monoisotopic (exact) mass is 305 g/mol. The van der Waals surface area contributed by atoms with Gasteiger partial charge in [-0.05, 0) is 37.3 Å². The van der Waals surface area contributed by atoms with Crippen molar-refractivity contribution in [2.24, 2.45) is 0 Å². The SMILES string of the molecule is COc1cccc(O[C@@H](C)C(=O)Nc2cccc(Cl)c2)c1. The van der Waals surface area contributed by atoms with E-state index in [1.807, 2.05) is 6.07 Å². The van der Waals surface area contributed by atoms with Crippen LogP contribution in [0.2, 0.25) is 5.02 Å². The molecule has 1 amide bonds. The Morgan fingerprint density at radius 1 is 1.14 bits per heavy atom. The van der Waals surface area contributed by atoms with Gasteiger partial charge in [-0.25, -0.2) is 0 Å². The Labute approximate surface area is 128 Å². The Morgan fingerprint density at radius 3 is 2.57 bits per heavy atom. The van der Waals surface area contributed by atoms with Crippen LogP contribution in [0.15, 0.2) is 48.5 Å². The number of hydrogen-bond acceptors (Lipinski definition) is 3. The average molecular weight is 306 g/mol. The summed E-state index contributed by atoms with van der Waals surface area (Å²) < 4.78 is 10.7. The predicted octanol–water partition coefficient (Wildman–Crippen LogP) is 3.75. The fourth-order valence-electron chi connectivity index (χ4n) is 1.74. The number of ether oxygens (including phenoxy) is 2. The Hall–Kier alpha value is -2.20. The van der Waals surface area contributed by atoms with Gasteiger partial charge in [0.25, 0.3) is 5.91 Å². The van der Waals surface area contributed by atoms with Gasteiger partial charge < -0.3 is 14.8 Å². The lowest BCUT2D eigenvalue weighted by Gasteiger charge is -2.15. The maximum absolute atomic E-state index is 12.1. The Balaban J connectivity index is 1.99. The highest BCUT2D eigenvalue weighted by molar-refractivity contribution is 6.30. The molecule has 21 heavy (non-hydrogen) atoms. The average Bonchev–Trinajstić information content (AvgIpc) is 2.47. The molecular weight excluding hydrogens is 290 g/mol. The quantitative estimate of drug-likeness (QED) is 0.915. The van der Waals surface area contributed by atoms with Crippen molar-refractivity contribution in [3.63, 3.8) is 0 Å². The topological polar surface area (TPSA) is 47.6 Å². The standard InChI is InChI=1S/C16H16ClNO3/c1-11(21-15-8-4-7-14(10-15)20-2)16(19)18-13-6-3-5-12(17)9-13/h3-11H,1-2H3,(H,18,19)/t11-/m0/s1. The molecule has 0 aliphatic heterocycles. The van der Waals surface area contributed by atoms with E-state index in [2.05, 4.69) is 5.32 Å². The van der Waals surface area contributed by atoms with E-state index >= 15 is 0 Å². The number of rotatable bonds is 5. The van der Waals surface area contributed by atoms with Crippen LogP contribution in [0.3, 0.4) is 0 Å². The van der Waals surface area contributed by atoms with Crippen molar-refractivity contribution in [2.75, 3.05) is 12.4 Å². The first-order chi connectivity index (χ1) is 10.1. The first-order valence-corrected chi connectivity index (χ1v) is 6.83. The molecule has 2 aromatic carbocycles. The third kappa shape index (κ3) is 4.39. The summed E-state index contributed by atoms with van der Waals surface area (Å²) in [6, 6.07) is 14.1. The lowest BCUT2D eigenvalue weighted by molar-refractivity contribution is -0.122. The van der Waals surface area contributed by atoms with Gasteiger partial charge in [0.05, 0.1) is 7.11 Å². The summed E-state index contributed by atoms with van der Waals surface area (Å²) in [5.41, 5.74) is 0.633. The van der Waals surface area contributed by atoms with E-state index in [0.717, 1.165) is 0 Å². The van der Waals surface area contributed by atoms with Crippen molar-refractivity contribution in [3.05, 3.63) is 53.6 Å². The molecule has 0 fully saturated rings. The molecule has 0 aromatic heterocycles. The Morgan fingerprint density at radius 2 is 1.86 bits per heavy atom. The first-order valence-electron chi connectivity index (χ1n) is 6.45. The van der Waals surface area contributed by atoms with Gasteiger partial charge in [-0.1, -0.05) is 23.7 Å². The minimum atomic E-state index is -0.643. The molecule has 5 heteroatoms. The number of methoxy groups -OCH3 is 1. The molecule has 0 unspecified atom stereocenters. The van der Waals surface area contributed by atoms with E-state index in [1.165, 1.54) is 0 Å². The number of hydrogen-bond donors (Lipinski definition) is 1. The number of nitrogens with one attached hydrogen (secondary N) is 1. The predicted molar refractivity (Wildman–Crippen MR) is 83.2 cm³/mol. The molecule has 1 atom stereocenters. The van der Waals surface area contributed by atoms with Crippen molar-refractivity contribution in [1.29, 1.82) is 0 Å². The highest BCUT2D eigenvalue weighted by Crippen LogP contribution is 2.20. The molecule has 0 bridgehead atoms. The fraction of sp³-hybridized carbons (Fsp3) is 0.188. The number of anilines is 1. The van der Waals surface area contributed by atoms with Crippen LogP contribution in [0.1, 0.15) is 6.92 Å². The van der Waals surface area contributed by atoms with Gasteiger partial charge in [-0.15, -0.1) is 0 Å². The number of carbonyl (C=O) groups excluding carboxylic acids is 1. The molecule has 0 saturated heterocycles. The minimum absolute atomic E-state index is 0.250. The number of amides is 1. The maximum atomic E-state index is 12.1. The molecule has 2 aromatic rings. The zero-order valence-corrected chi connectivity index (χ0v) is 12.6. The van der Waals surface area contributed by atoms with Gasteiger partial charge in [0.15, 0.2) is 6.10 Å².